The Morgan fingerprint density at radius 3 is 2.29 bits per heavy atom. The minimum atomic E-state index is -0.681. The van der Waals surface area contributed by atoms with Gasteiger partial charge in [-0.15, -0.1) is 17.9 Å². The van der Waals surface area contributed by atoms with Gasteiger partial charge in [0.05, 0.1) is 0 Å². The Balaban J connectivity index is 0. The van der Waals surface area contributed by atoms with Crippen LogP contribution in [0.4, 0.5) is 0 Å². The van der Waals surface area contributed by atoms with E-state index in [0.29, 0.717) is 0 Å². The summed E-state index contributed by atoms with van der Waals surface area (Å²) in [6, 6.07) is 0. The first-order valence-corrected chi connectivity index (χ1v) is 1.26. The molecule has 6 heteroatoms. The third-order valence-electron chi connectivity index (χ3n) is 0.200. The van der Waals surface area contributed by atoms with Crippen molar-refractivity contribution in [2.24, 2.45) is 0 Å². The number of nitrogens with zero attached hydrogens (tertiary/aromatic N) is 1. The molecular formula is CH5ClN2O3. The Kier molecular flexibility index (Phi) is 7.84. The van der Waals surface area contributed by atoms with Crippen molar-refractivity contribution in [2.45, 2.75) is 0 Å². The molecular weight excluding hydrogens is 123 g/mol. The van der Waals surface area contributed by atoms with E-state index in [1.807, 2.05) is 0 Å². The van der Waals surface area contributed by atoms with Gasteiger partial charge in [0.25, 0.3) is 6.67 Å². The van der Waals surface area contributed by atoms with Crippen molar-refractivity contribution in [3.63, 3.8) is 0 Å². The van der Waals surface area contributed by atoms with Crippen molar-refractivity contribution in [3.8, 4) is 0 Å². The van der Waals surface area contributed by atoms with Crippen molar-refractivity contribution in [2.75, 3.05) is 6.67 Å². The van der Waals surface area contributed by atoms with E-state index in [2.05, 4.69) is 0 Å². The van der Waals surface area contributed by atoms with E-state index in [0.717, 1.165) is 0 Å². The third-order valence-corrected chi connectivity index (χ3v) is 0.200. The van der Waals surface area contributed by atoms with Gasteiger partial charge in [0.1, 0.15) is 0 Å². The lowest BCUT2D eigenvalue weighted by Gasteiger charge is -1.82. The van der Waals surface area contributed by atoms with Gasteiger partial charge >= 0.3 is 0 Å². The van der Waals surface area contributed by atoms with E-state index >= 15 is 0 Å². The molecule has 0 amide bonds. The molecule has 0 aliphatic carbocycles. The van der Waals surface area contributed by atoms with Gasteiger partial charge in [0.15, 0.2) is 0 Å². The highest BCUT2D eigenvalue weighted by Gasteiger charge is 1.85. The number of hydrogen-bond acceptors (Lipinski definition) is 4. The predicted molar refractivity (Wildman–Crippen MR) is 24.0 cm³/mol. The summed E-state index contributed by atoms with van der Waals surface area (Å²) in [5, 5.41) is 16.7. The fraction of sp³-hybridized carbons (Fsp3) is 1.00. The predicted octanol–water partition coefficient (Wildman–Crippen LogP) is -0.379. The number of hydroxylamine groups is 1. The first-order valence-electron chi connectivity index (χ1n) is 1.26. The normalized spacial score (nSPS) is 7.00. The first kappa shape index (κ1) is 9.79. The van der Waals surface area contributed by atoms with E-state index in [1.54, 1.807) is 0 Å². The molecule has 7 heavy (non-hydrogen) atoms. The molecule has 0 aromatic heterocycles. The van der Waals surface area contributed by atoms with Crippen LogP contribution < -0.4 is 5.48 Å². The zero-order valence-electron chi connectivity index (χ0n) is 3.33. The highest BCUT2D eigenvalue weighted by Crippen LogP contribution is 1.54. The van der Waals surface area contributed by atoms with Crippen LogP contribution >= 0.6 is 12.4 Å². The van der Waals surface area contributed by atoms with Gasteiger partial charge in [0, 0.05) is 4.92 Å². The second kappa shape index (κ2) is 5.61. The lowest BCUT2D eigenvalue weighted by Crippen LogP contribution is -2.16. The molecule has 0 heterocycles. The summed E-state index contributed by atoms with van der Waals surface area (Å²) in [6.45, 7) is -0.597. The smallest absolute Gasteiger partial charge is 0.277 e. The first-order chi connectivity index (χ1) is 2.77. The van der Waals surface area contributed by atoms with Crippen LogP contribution in [0.1, 0.15) is 0 Å². The fourth-order valence-corrected chi connectivity index (χ4v) is 0.0577. The highest BCUT2D eigenvalue weighted by atomic mass is 35.5. The summed E-state index contributed by atoms with van der Waals surface area (Å²) in [4.78, 5) is 8.50. The fourth-order valence-electron chi connectivity index (χ4n) is 0.0577. The van der Waals surface area contributed by atoms with Crippen LogP contribution in [0.15, 0.2) is 0 Å². The van der Waals surface area contributed by atoms with Crippen LogP contribution in [-0.2, 0) is 0 Å². The molecule has 0 spiro atoms. The molecule has 0 atom stereocenters. The second-order valence-corrected chi connectivity index (χ2v) is 0.649. The van der Waals surface area contributed by atoms with E-state index in [1.165, 1.54) is 5.48 Å². The molecule has 0 aromatic rings. The van der Waals surface area contributed by atoms with Gasteiger partial charge in [0.2, 0.25) is 0 Å². The molecule has 0 aromatic carbocycles. The molecule has 5 nitrogen and oxygen atoms in total. The number of nitrogens with one attached hydrogen (secondary N) is 1. The summed E-state index contributed by atoms with van der Waals surface area (Å²) < 4.78 is 0. The van der Waals surface area contributed by atoms with E-state index in [-0.39, 0.29) is 12.4 Å². The maximum Gasteiger partial charge on any atom is 0.277 e. The number of nitro groups is 1. The summed E-state index contributed by atoms with van der Waals surface area (Å²) in [7, 11) is 0. The molecule has 0 saturated heterocycles. The quantitative estimate of drug-likeness (QED) is 0.302. The summed E-state index contributed by atoms with van der Waals surface area (Å²) in [5.74, 6) is 0. The van der Waals surface area contributed by atoms with Gasteiger partial charge in [-0.05, 0) is 0 Å². The van der Waals surface area contributed by atoms with Crippen LogP contribution in [-0.4, -0.2) is 16.8 Å². The van der Waals surface area contributed by atoms with Crippen LogP contribution in [0, 0.1) is 10.1 Å². The Morgan fingerprint density at radius 1 is 1.86 bits per heavy atom. The second-order valence-electron chi connectivity index (χ2n) is 0.649. The maximum atomic E-state index is 9.18. The van der Waals surface area contributed by atoms with Crippen LogP contribution in [0.2, 0.25) is 0 Å². The molecule has 0 unspecified atom stereocenters. The van der Waals surface area contributed by atoms with Crippen LogP contribution in [0.25, 0.3) is 0 Å². The van der Waals surface area contributed by atoms with Crippen LogP contribution in [0.5, 0.6) is 0 Å². The number of halogens is 1. The van der Waals surface area contributed by atoms with E-state index in [9.17, 15) is 10.1 Å². The molecule has 0 radical (unpaired) electrons. The molecule has 0 aliphatic rings. The van der Waals surface area contributed by atoms with E-state index in [4.69, 9.17) is 5.21 Å². The van der Waals surface area contributed by atoms with Gasteiger partial charge in [-0.1, -0.05) is 0 Å². The van der Waals surface area contributed by atoms with Gasteiger partial charge in [-0.3, -0.25) is 10.1 Å². The van der Waals surface area contributed by atoms with Crippen molar-refractivity contribution < 1.29 is 10.1 Å². The monoisotopic (exact) mass is 128 g/mol. The van der Waals surface area contributed by atoms with Crippen molar-refractivity contribution in [1.82, 2.24) is 5.48 Å². The van der Waals surface area contributed by atoms with Crippen molar-refractivity contribution >= 4 is 12.4 Å². The Morgan fingerprint density at radius 2 is 2.29 bits per heavy atom. The molecule has 0 saturated carbocycles. The minimum absolute atomic E-state index is 0. The largest absolute Gasteiger partial charge is 0.311 e. The summed E-state index contributed by atoms with van der Waals surface area (Å²) in [6.07, 6.45) is 0. The molecule has 2 N–H and O–H groups in total. The zero-order valence-corrected chi connectivity index (χ0v) is 4.14. The Hall–Kier alpha value is -0.390. The Bertz CT molecular complexity index is 56.9. The van der Waals surface area contributed by atoms with Gasteiger partial charge in [-0.25, -0.2) is 0 Å². The van der Waals surface area contributed by atoms with Crippen LogP contribution in [0.3, 0.4) is 0 Å². The standard InChI is InChI=1S/CH4N2O3.ClH/c4-2-1-3(5)6;/h2,4H,1H2;1H. The molecule has 0 bridgehead atoms. The average molecular weight is 129 g/mol. The molecule has 0 rings (SSSR count). The number of rotatable bonds is 2. The lowest BCUT2D eigenvalue weighted by atomic mass is 11.2. The lowest BCUT2D eigenvalue weighted by molar-refractivity contribution is -0.495. The topological polar surface area (TPSA) is 75.4 Å². The maximum absolute atomic E-state index is 9.18. The summed E-state index contributed by atoms with van der Waals surface area (Å²) in [5.41, 5.74) is 1.37. The molecule has 0 aliphatic heterocycles. The zero-order chi connectivity index (χ0) is 4.99. The molecule has 44 valence electrons. The number of hydrogen-bond donors (Lipinski definition) is 2. The van der Waals surface area contributed by atoms with Gasteiger partial charge in [-0.2, -0.15) is 0 Å². The van der Waals surface area contributed by atoms with Crippen molar-refractivity contribution in [3.05, 3.63) is 10.1 Å². The SMILES string of the molecule is Cl.O=[N+]([O-])CNO. The third kappa shape index (κ3) is 10.7. The average Bonchev–Trinajstić information content (AvgIpc) is 1.35. The van der Waals surface area contributed by atoms with E-state index < -0.39 is 11.6 Å². The minimum Gasteiger partial charge on any atom is -0.311 e. The Labute approximate surface area is 45.8 Å². The highest BCUT2D eigenvalue weighted by molar-refractivity contribution is 5.85. The van der Waals surface area contributed by atoms with Crippen molar-refractivity contribution in [1.29, 1.82) is 0 Å². The molecule has 0 fully saturated rings. The van der Waals surface area contributed by atoms with Gasteiger partial charge < -0.3 is 5.21 Å². The summed E-state index contributed by atoms with van der Waals surface area (Å²) >= 11 is 0.